The third-order valence-corrected chi connectivity index (χ3v) is 7.07. The van der Waals surface area contributed by atoms with Crippen LogP contribution in [0, 0.1) is 16.7 Å². The van der Waals surface area contributed by atoms with Crippen LogP contribution in [0.1, 0.15) is 24.0 Å². The molecular formula is C19H17NO4S. The van der Waals surface area contributed by atoms with Crippen molar-refractivity contribution in [1.29, 1.82) is 5.26 Å². The molecule has 0 aromatic heterocycles. The molecule has 1 aliphatic carbocycles. The number of carboxylic acid groups (broad SMARTS) is 1. The molecule has 0 saturated heterocycles. The number of carboxylic acids is 1. The van der Waals surface area contributed by atoms with E-state index in [-0.39, 0.29) is 4.90 Å². The largest absolute Gasteiger partial charge is 0.480 e. The monoisotopic (exact) mass is 355 g/mol. The summed E-state index contributed by atoms with van der Waals surface area (Å²) in [7, 11) is -3.95. The molecule has 2 aromatic rings. The predicted octanol–water partition coefficient (Wildman–Crippen LogP) is 2.78. The zero-order chi connectivity index (χ0) is 18.2. The van der Waals surface area contributed by atoms with E-state index >= 15 is 0 Å². The van der Waals surface area contributed by atoms with Crippen molar-refractivity contribution in [2.75, 3.05) is 0 Å². The molecule has 0 unspecified atom stereocenters. The Morgan fingerprint density at radius 3 is 2.24 bits per heavy atom. The highest BCUT2D eigenvalue weighted by Crippen LogP contribution is 2.63. The lowest BCUT2D eigenvalue weighted by Gasteiger charge is -2.04. The van der Waals surface area contributed by atoms with Crippen molar-refractivity contribution in [3.05, 3.63) is 65.7 Å². The van der Waals surface area contributed by atoms with Gasteiger partial charge in [-0.25, -0.2) is 8.42 Å². The molecule has 3 rings (SSSR count). The normalized spacial score (nSPS) is 25.1. The minimum Gasteiger partial charge on any atom is -0.480 e. The Morgan fingerprint density at radius 2 is 1.76 bits per heavy atom. The molecule has 0 spiro atoms. The molecule has 0 heterocycles. The number of hydrogen-bond acceptors (Lipinski definition) is 4. The van der Waals surface area contributed by atoms with Crippen molar-refractivity contribution in [2.45, 2.75) is 29.4 Å². The number of aryl methyl sites for hydroxylation is 1. The maximum atomic E-state index is 13.0. The second kappa shape index (κ2) is 6.01. The Hall–Kier alpha value is -2.65. The van der Waals surface area contributed by atoms with E-state index in [9.17, 15) is 23.6 Å². The van der Waals surface area contributed by atoms with Gasteiger partial charge in [0.25, 0.3) is 0 Å². The highest BCUT2D eigenvalue weighted by Gasteiger charge is 2.77. The summed E-state index contributed by atoms with van der Waals surface area (Å²) in [5.74, 6) is -2.28. The summed E-state index contributed by atoms with van der Waals surface area (Å²) < 4.78 is 25.9. The van der Waals surface area contributed by atoms with E-state index in [1.54, 1.807) is 36.4 Å². The average molecular weight is 355 g/mol. The summed E-state index contributed by atoms with van der Waals surface area (Å²) >= 11 is 0. The van der Waals surface area contributed by atoms with Gasteiger partial charge in [-0.1, -0.05) is 49.4 Å². The van der Waals surface area contributed by atoms with Crippen LogP contribution in [0.5, 0.6) is 0 Å². The van der Waals surface area contributed by atoms with Gasteiger partial charge in [0, 0.05) is 5.92 Å². The van der Waals surface area contributed by atoms with Crippen LogP contribution in [0.2, 0.25) is 0 Å². The van der Waals surface area contributed by atoms with Crippen LogP contribution in [-0.2, 0) is 21.1 Å². The van der Waals surface area contributed by atoms with Gasteiger partial charge in [-0.05, 0) is 29.7 Å². The second-order valence-electron chi connectivity index (χ2n) is 6.14. The van der Waals surface area contributed by atoms with Crippen molar-refractivity contribution in [3.63, 3.8) is 0 Å². The molecule has 1 N–H and O–H groups in total. The number of benzene rings is 2. The number of rotatable bonds is 5. The Kier molecular flexibility index (Phi) is 4.13. The fraction of sp³-hybridized carbons (Fsp3) is 0.263. The molecular weight excluding hydrogens is 338 g/mol. The Labute approximate surface area is 146 Å². The molecule has 2 aromatic carbocycles. The van der Waals surface area contributed by atoms with E-state index < -0.39 is 32.4 Å². The molecule has 1 aliphatic rings. The van der Waals surface area contributed by atoms with Crippen LogP contribution < -0.4 is 0 Å². The Bertz CT molecular complexity index is 945. The SMILES string of the molecule is CCc1ccc([C@H]2[C@@H](S(=O)(=O)c3ccccc3)[C@@]2(C#N)C(=O)O)cc1. The lowest BCUT2D eigenvalue weighted by atomic mass is 9.99. The van der Waals surface area contributed by atoms with E-state index in [0.29, 0.717) is 5.56 Å². The zero-order valence-corrected chi connectivity index (χ0v) is 14.4. The summed E-state index contributed by atoms with van der Waals surface area (Å²) in [6, 6.07) is 16.6. The van der Waals surface area contributed by atoms with Crippen molar-refractivity contribution < 1.29 is 18.3 Å². The van der Waals surface area contributed by atoms with E-state index in [4.69, 9.17) is 0 Å². The summed E-state index contributed by atoms with van der Waals surface area (Å²) in [4.78, 5) is 11.9. The average Bonchev–Trinajstić information content (AvgIpc) is 3.34. The van der Waals surface area contributed by atoms with Gasteiger partial charge in [-0.2, -0.15) is 5.26 Å². The first kappa shape index (κ1) is 17.2. The first-order chi connectivity index (χ1) is 11.9. The molecule has 5 nitrogen and oxygen atoms in total. The van der Waals surface area contributed by atoms with E-state index in [1.807, 2.05) is 19.1 Å². The van der Waals surface area contributed by atoms with Crippen molar-refractivity contribution >= 4 is 15.8 Å². The minimum absolute atomic E-state index is 0.0357. The molecule has 25 heavy (non-hydrogen) atoms. The van der Waals surface area contributed by atoms with Crippen LogP contribution in [-0.4, -0.2) is 24.7 Å². The maximum Gasteiger partial charge on any atom is 0.326 e. The van der Waals surface area contributed by atoms with Crippen molar-refractivity contribution in [1.82, 2.24) is 0 Å². The Balaban J connectivity index is 2.10. The molecule has 0 radical (unpaired) electrons. The molecule has 128 valence electrons. The van der Waals surface area contributed by atoms with Crippen LogP contribution in [0.3, 0.4) is 0 Å². The molecule has 0 bridgehead atoms. The number of nitrogens with zero attached hydrogens (tertiary/aromatic N) is 1. The number of nitriles is 1. The third-order valence-electron chi connectivity index (χ3n) is 4.82. The predicted molar refractivity (Wildman–Crippen MR) is 91.7 cm³/mol. The van der Waals surface area contributed by atoms with Gasteiger partial charge in [0.2, 0.25) is 0 Å². The number of aliphatic carboxylic acids is 1. The van der Waals surface area contributed by atoms with Gasteiger partial charge in [0.15, 0.2) is 15.3 Å². The summed E-state index contributed by atoms with van der Waals surface area (Å²) in [5.41, 5.74) is -0.335. The lowest BCUT2D eigenvalue weighted by molar-refractivity contribution is -0.141. The van der Waals surface area contributed by atoms with Gasteiger partial charge in [-0.15, -0.1) is 0 Å². The molecule has 0 aliphatic heterocycles. The number of carbonyl (C=O) groups is 1. The first-order valence-electron chi connectivity index (χ1n) is 7.92. The molecule has 3 atom stereocenters. The topological polar surface area (TPSA) is 95.2 Å². The lowest BCUT2D eigenvalue weighted by Crippen LogP contribution is -2.22. The van der Waals surface area contributed by atoms with Gasteiger partial charge in [0.1, 0.15) is 5.25 Å². The second-order valence-corrected chi connectivity index (χ2v) is 8.21. The van der Waals surface area contributed by atoms with E-state index in [1.165, 1.54) is 12.1 Å². The van der Waals surface area contributed by atoms with E-state index in [2.05, 4.69) is 0 Å². The van der Waals surface area contributed by atoms with Gasteiger partial charge >= 0.3 is 5.97 Å². The highest BCUT2D eigenvalue weighted by atomic mass is 32.2. The summed E-state index contributed by atoms with van der Waals surface area (Å²) in [6.07, 6.45) is 0.818. The molecule has 1 saturated carbocycles. The standard InChI is InChI=1S/C19H17NO4S/c1-2-13-8-10-14(11-9-13)16-17(19(16,12-20)18(21)22)25(23,24)15-6-4-3-5-7-15/h3-11,16-17H,2H2,1H3,(H,21,22)/t16-,17+,19-/m0/s1. The van der Waals surface area contributed by atoms with Crippen molar-refractivity contribution in [3.8, 4) is 6.07 Å². The maximum absolute atomic E-state index is 13.0. The van der Waals surface area contributed by atoms with Crippen LogP contribution in [0.4, 0.5) is 0 Å². The Morgan fingerprint density at radius 1 is 1.16 bits per heavy atom. The molecule has 1 fully saturated rings. The fourth-order valence-corrected chi connectivity index (χ4v) is 5.64. The summed E-state index contributed by atoms with van der Waals surface area (Å²) in [6.45, 7) is 1.99. The zero-order valence-electron chi connectivity index (χ0n) is 13.6. The number of hydrogen-bond donors (Lipinski definition) is 1. The van der Waals surface area contributed by atoms with Gasteiger partial charge < -0.3 is 5.11 Å². The molecule has 0 amide bonds. The third kappa shape index (κ3) is 2.52. The van der Waals surface area contributed by atoms with Crippen LogP contribution >= 0.6 is 0 Å². The van der Waals surface area contributed by atoms with Crippen LogP contribution in [0.25, 0.3) is 0 Å². The minimum atomic E-state index is -3.95. The van der Waals surface area contributed by atoms with Crippen LogP contribution in [0.15, 0.2) is 59.5 Å². The smallest absolute Gasteiger partial charge is 0.326 e. The summed E-state index contributed by atoms with van der Waals surface area (Å²) in [5, 5.41) is 17.9. The first-order valence-corrected chi connectivity index (χ1v) is 9.46. The van der Waals surface area contributed by atoms with Gasteiger partial charge in [0.05, 0.1) is 11.0 Å². The highest BCUT2D eigenvalue weighted by molar-refractivity contribution is 7.92. The number of sulfone groups is 1. The molecule has 6 heteroatoms. The quantitative estimate of drug-likeness (QED) is 0.890. The van der Waals surface area contributed by atoms with Gasteiger partial charge in [-0.3, -0.25) is 4.79 Å². The van der Waals surface area contributed by atoms with E-state index in [0.717, 1.165) is 12.0 Å². The fourth-order valence-electron chi connectivity index (χ4n) is 3.37. The van der Waals surface area contributed by atoms with Crippen molar-refractivity contribution in [2.24, 2.45) is 5.41 Å².